The van der Waals surface area contributed by atoms with Gasteiger partial charge >= 0.3 is 0 Å². The number of hydrogen-bond donors (Lipinski definition) is 2. The predicted octanol–water partition coefficient (Wildman–Crippen LogP) is 3.18. The molecule has 0 unspecified atom stereocenters. The van der Waals surface area contributed by atoms with Gasteiger partial charge in [0.25, 0.3) is 0 Å². The summed E-state index contributed by atoms with van der Waals surface area (Å²) < 4.78 is 11.2. The van der Waals surface area contributed by atoms with Crippen LogP contribution in [0.4, 0.5) is 0 Å². The van der Waals surface area contributed by atoms with Gasteiger partial charge in [0.15, 0.2) is 0 Å². The van der Waals surface area contributed by atoms with E-state index in [4.69, 9.17) is 26.8 Å². The van der Waals surface area contributed by atoms with Gasteiger partial charge in [-0.3, -0.25) is 4.79 Å². The summed E-state index contributed by atoms with van der Waals surface area (Å²) in [6, 6.07) is 14.2. The molecular formula is C18H22Cl2N2O3. The first-order valence-corrected chi connectivity index (χ1v) is 8.06. The molecule has 0 heterocycles. The van der Waals surface area contributed by atoms with Crippen LogP contribution in [0.15, 0.2) is 48.5 Å². The minimum atomic E-state index is -0.506. The van der Waals surface area contributed by atoms with Crippen LogP contribution in [0.1, 0.15) is 12.5 Å². The van der Waals surface area contributed by atoms with E-state index >= 15 is 0 Å². The molecule has 2 rings (SSSR count). The van der Waals surface area contributed by atoms with Crippen LogP contribution in [-0.4, -0.2) is 25.2 Å². The fraction of sp³-hybridized carbons (Fsp3) is 0.278. The second-order valence-corrected chi connectivity index (χ2v) is 5.74. The molecule has 0 saturated heterocycles. The van der Waals surface area contributed by atoms with Crippen LogP contribution in [-0.2, 0) is 11.3 Å². The first-order valence-electron chi connectivity index (χ1n) is 7.68. The van der Waals surface area contributed by atoms with Crippen LogP contribution in [0.3, 0.4) is 0 Å². The van der Waals surface area contributed by atoms with Crippen molar-refractivity contribution < 1.29 is 14.3 Å². The molecule has 2 aromatic rings. The largest absolute Gasteiger partial charge is 0.490 e. The van der Waals surface area contributed by atoms with Gasteiger partial charge in [0.05, 0.1) is 6.04 Å². The SMILES string of the molecule is C[C@H](N)C(=O)NCc1ccc(OCCOc2ccc(Cl)cc2)cc1.Cl. The number of nitrogens with one attached hydrogen (secondary N) is 1. The summed E-state index contributed by atoms with van der Waals surface area (Å²) >= 11 is 5.81. The van der Waals surface area contributed by atoms with Crippen molar-refractivity contribution in [1.82, 2.24) is 5.32 Å². The maximum Gasteiger partial charge on any atom is 0.236 e. The van der Waals surface area contributed by atoms with E-state index in [1.54, 1.807) is 19.1 Å². The van der Waals surface area contributed by atoms with E-state index in [0.29, 0.717) is 24.8 Å². The van der Waals surface area contributed by atoms with E-state index in [0.717, 1.165) is 17.1 Å². The standard InChI is InChI=1S/C18H21ClN2O3.ClH/c1-13(20)18(22)21-12-14-2-6-16(7-3-14)23-10-11-24-17-8-4-15(19)5-9-17;/h2-9,13H,10-12,20H2,1H3,(H,21,22);1H/t13-;/m0./s1. The van der Waals surface area contributed by atoms with Crippen molar-refractivity contribution in [2.75, 3.05) is 13.2 Å². The molecule has 25 heavy (non-hydrogen) atoms. The molecule has 5 nitrogen and oxygen atoms in total. The highest BCUT2D eigenvalue weighted by atomic mass is 35.5. The topological polar surface area (TPSA) is 73.6 Å². The van der Waals surface area contributed by atoms with Crippen LogP contribution < -0.4 is 20.5 Å². The Balaban J connectivity index is 0.00000312. The second-order valence-electron chi connectivity index (χ2n) is 5.30. The van der Waals surface area contributed by atoms with E-state index in [9.17, 15) is 4.79 Å². The molecule has 0 bridgehead atoms. The van der Waals surface area contributed by atoms with Gasteiger partial charge in [-0.25, -0.2) is 0 Å². The van der Waals surface area contributed by atoms with Crippen molar-refractivity contribution in [3.63, 3.8) is 0 Å². The number of nitrogens with two attached hydrogens (primary N) is 1. The Labute approximate surface area is 158 Å². The lowest BCUT2D eigenvalue weighted by molar-refractivity contribution is -0.122. The summed E-state index contributed by atoms with van der Waals surface area (Å²) in [5.41, 5.74) is 6.47. The molecule has 3 N–H and O–H groups in total. The molecule has 0 aliphatic heterocycles. The van der Waals surface area contributed by atoms with Crippen LogP contribution in [0, 0.1) is 0 Å². The normalized spacial score (nSPS) is 11.2. The van der Waals surface area contributed by atoms with Gasteiger partial charge in [-0.1, -0.05) is 23.7 Å². The van der Waals surface area contributed by atoms with E-state index in [1.165, 1.54) is 0 Å². The quantitative estimate of drug-likeness (QED) is 0.685. The zero-order valence-electron chi connectivity index (χ0n) is 13.9. The van der Waals surface area contributed by atoms with E-state index < -0.39 is 6.04 Å². The summed E-state index contributed by atoms with van der Waals surface area (Å²) in [6.07, 6.45) is 0. The average molecular weight is 385 g/mol. The molecule has 0 aliphatic carbocycles. The molecular weight excluding hydrogens is 363 g/mol. The van der Waals surface area contributed by atoms with E-state index in [1.807, 2.05) is 36.4 Å². The third-order valence-electron chi connectivity index (χ3n) is 3.24. The van der Waals surface area contributed by atoms with E-state index in [-0.39, 0.29) is 18.3 Å². The molecule has 0 radical (unpaired) electrons. The van der Waals surface area contributed by atoms with Gasteiger partial charge in [0.2, 0.25) is 5.91 Å². The lowest BCUT2D eigenvalue weighted by atomic mass is 10.2. The molecule has 136 valence electrons. The summed E-state index contributed by atoms with van der Waals surface area (Å²) in [5.74, 6) is 1.33. The number of amides is 1. The Morgan fingerprint density at radius 3 is 2.00 bits per heavy atom. The average Bonchev–Trinajstić information content (AvgIpc) is 2.59. The highest BCUT2D eigenvalue weighted by molar-refractivity contribution is 6.30. The molecule has 0 aromatic heterocycles. The van der Waals surface area contributed by atoms with Crippen molar-refractivity contribution in [3.8, 4) is 11.5 Å². The monoisotopic (exact) mass is 384 g/mol. The fourth-order valence-electron chi connectivity index (χ4n) is 1.90. The number of carbonyl (C=O) groups is 1. The highest BCUT2D eigenvalue weighted by Gasteiger charge is 2.06. The van der Waals surface area contributed by atoms with Crippen molar-refractivity contribution in [2.24, 2.45) is 5.73 Å². The molecule has 0 spiro atoms. The molecule has 0 aliphatic rings. The Morgan fingerprint density at radius 2 is 1.52 bits per heavy atom. The summed E-state index contributed by atoms with van der Waals surface area (Å²) in [6.45, 7) is 2.97. The van der Waals surface area contributed by atoms with Crippen molar-refractivity contribution in [2.45, 2.75) is 19.5 Å². The van der Waals surface area contributed by atoms with Crippen LogP contribution in [0.25, 0.3) is 0 Å². The van der Waals surface area contributed by atoms with Crippen LogP contribution in [0.2, 0.25) is 5.02 Å². The maximum atomic E-state index is 11.4. The molecule has 7 heteroatoms. The molecule has 1 atom stereocenters. The van der Waals surface area contributed by atoms with Crippen molar-refractivity contribution in [3.05, 3.63) is 59.1 Å². The summed E-state index contributed by atoms with van der Waals surface area (Å²) in [7, 11) is 0. The zero-order chi connectivity index (χ0) is 17.4. The Morgan fingerprint density at radius 1 is 1.04 bits per heavy atom. The number of carbonyl (C=O) groups excluding carboxylic acids is 1. The van der Waals surface area contributed by atoms with E-state index in [2.05, 4.69) is 5.32 Å². The molecule has 0 fully saturated rings. The van der Waals surface area contributed by atoms with Crippen LogP contribution >= 0.6 is 24.0 Å². The third kappa shape index (κ3) is 7.65. The minimum absolute atomic E-state index is 0. The lowest BCUT2D eigenvalue weighted by Crippen LogP contribution is -2.37. The number of hydrogen-bond acceptors (Lipinski definition) is 4. The van der Waals surface area contributed by atoms with Gasteiger partial charge in [-0.15, -0.1) is 12.4 Å². The first-order chi connectivity index (χ1) is 11.5. The predicted molar refractivity (Wildman–Crippen MR) is 102 cm³/mol. The Bertz CT molecular complexity index is 646. The van der Waals surface area contributed by atoms with Crippen LogP contribution in [0.5, 0.6) is 11.5 Å². The molecule has 0 saturated carbocycles. The highest BCUT2D eigenvalue weighted by Crippen LogP contribution is 2.16. The number of halogens is 2. The molecule has 2 aromatic carbocycles. The Hall–Kier alpha value is -1.95. The van der Waals surface area contributed by atoms with Gasteiger partial charge in [0, 0.05) is 11.6 Å². The summed E-state index contributed by atoms with van der Waals surface area (Å²) in [4.78, 5) is 11.4. The Kier molecular flexibility index (Phi) is 9.13. The minimum Gasteiger partial charge on any atom is -0.490 e. The third-order valence-corrected chi connectivity index (χ3v) is 3.49. The second kappa shape index (κ2) is 10.8. The summed E-state index contributed by atoms with van der Waals surface area (Å²) in [5, 5.41) is 3.43. The number of benzene rings is 2. The fourth-order valence-corrected chi connectivity index (χ4v) is 2.03. The van der Waals surface area contributed by atoms with Gasteiger partial charge in [-0.2, -0.15) is 0 Å². The van der Waals surface area contributed by atoms with Gasteiger partial charge < -0.3 is 20.5 Å². The number of rotatable bonds is 8. The lowest BCUT2D eigenvalue weighted by Gasteiger charge is -2.10. The first kappa shape index (κ1) is 21.1. The smallest absolute Gasteiger partial charge is 0.236 e. The molecule has 1 amide bonds. The zero-order valence-corrected chi connectivity index (χ0v) is 15.5. The van der Waals surface area contributed by atoms with Crippen molar-refractivity contribution in [1.29, 1.82) is 0 Å². The maximum absolute atomic E-state index is 11.4. The van der Waals surface area contributed by atoms with Gasteiger partial charge in [0.1, 0.15) is 24.7 Å². The van der Waals surface area contributed by atoms with Gasteiger partial charge in [-0.05, 0) is 48.9 Å². The van der Waals surface area contributed by atoms with Crippen molar-refractivity contribution >= 4 is 29.9 Å². The number of ether oxygens (including phenoxy) is 2.